The molecule has 1 aliphatic heterocycles. The predicted octanol–water partition coefficient (Wildman–Crippen LogP) is 1.14. The van der Waals surface area contributed by atoms with Crippen molar-refractivity contribution in [1.29, 1.82) is 0 Å². The van der Waals surface area contributed by atoms with Crippen LogP contribution in [0.15, 0.2) is 24.3 Å². The van der Waals surface area contributed by atoms with Gasteiger partial charge in [-0.25, -0.2) is 8.42 Å². The third-order valence-corrected chi connectivity index (χ3v) is 4.50. The molecule has 0 atom stereocenters. The van der Waals surface area contributed by atoms with Gasteiger partial charge >= 0.3 is 0 Å². The zero-order valence-corrected chi connectivity index (χ0v) is 11.5. The summed E-state index contributed by atoms with van der Waals surface area (Å²) < 4.78 is 27.7. The molecule has 5 heteroatoms. The Morgan fingerprint density at radius 3 is 2.61 bits per heavy atom. The fourth-order valence-corrected chi connectivity index (χ4v) is 3.20. The van der Waals surface area contributed by atoms with Gasteiger partial charge in [0.25, 0.3) is 0 Å². The number of ether oxygens (including phenoxy) is 1. The Kier molecular flexibility index (Phi) is 3.38. The molecule has 1 saturated heterocycles. The van der Waals surface area contributed by atoms with Crippen LogP contribution in [0.1, 0.15) is 19.4 Å². The highest BCUT2D eigenvalue weighted by molar-refractivity contribution is 7.92. The lowest BCUT2D eigenvalue weighted by Gasteiger charge is -2.27. The van der Waals surface area contributed by atoms with Crippen LogP contribution >= 0.6 is 0 Å². The van der Waals surface area contributed by atoms with Crippen LogP contribution in [-0.2, 0) is 16.3 Å². The molecule has 4 nitrogen and oxygen atoms in total. The van der Waals surface area contributed by atoms with E-state index in [-0.39, 0.29) is 23.1 Å². The molecule has 1 heterocycles. The molecule has 0 amide bonds. The topological polar surface area (TPSA) is 69.4 Å². The summed E-state index contributed by atoms with van der Waals surface area (Å²) in [6.45, 7) is 3.94. The van der Waals surface area contributed by atoms with E-state index in [2.05, 4.69) is 0 Å². The van der Waals surface area contributed by atoms with Crippen molar-refractivity contribution in [3.63, 3.8) is 0 Å². The maximum Gasteiger partial charge on any atom is 0.157 e. The highest BCUT2D eigenvalue weighted by atomic mass is 32.2. The van der Waals surface area contributed by atoms with Gasteiger partial charge in [-0.2, -0.15) is 0 Å². The fourth-order valence-electron chi connectivity index (χ4n) is 2.03. The molecular weight excluding hydrogens is 250 g/mol. The third-order valence-electron chi connectivity index (χ3n) is 2.74. The lowest BCUT2D eigenvalue weighted by atomic mass is 9.96. The van der Waals surface area contributed by atoms with Crippen LogP contribution in [0.5, 0.6) is 5.75 Å². The molecule has 100 valence electrons. The molecule has 2 N–H and O–H groups in total. The summed E-state index contributed by atoms with van der Waals surface area (Å²) in [5.41, 5.74) is 6.81. The average Bonchev–Trinajstić information content (AvgIpc) is 2.12. The van der Waals surface area contributed by atoms with Crippen LogP contribution in [0.2, 0.25) is 0 Å². The summed E-state index contributed by atoms with van der Waals surface area (Å²) in [6.07, 6.45) is 0.559. The van der Waals surface area contributed by atoms with E-state index >= 15 is 0 Å². The summed E-state index contributed by atoms with van der Waals surface area (Å²) >= 11 is 0. The third kappa shape index (κ3) is 3.71. The summed E-state index contributed by atoms with van der Waals surface area (Å²) in [5.74, 6) is 0.968. The van der Waals surface area contributed by atoms with Crippen molar-refractivity contribution in [2.45, 2.75) is 31.9 Å². The van der Waals surface area contributed by atoms with Crippen LogP contribution in [0.25, 0.3) is 0 Å². The highest BCUT2D eigenvalue weighted by Crippen LogP contribution is 2.22. The molecule has 18 heavy (non-hydrogen) atoms. The SMILES string of the molecule is CC(C)(N)Cc1cccc(OC2CS(=O)(=O)C2)c1. The van der Waals surface area contributed by atoms with E-state index < -0.39 is 9.84 Å². The Bertz CT molecular complexity index is 519. The van der Waals surface area contributed by atoms with E-state index in [0.717, 1.165) is 17.7 Å². The van der Waals surface area contributed by atoms with Crippen molar-refractivity contribution in [3.05, 3.63) is 29.8 Å². The molecule has 2 rings (SSSR count). The maximum absolute atomic E-state index is 11.0. The molecule has 0 spiro atoms. The van der Waals surface area contributed by atoms with Gasteiger partial charge in [0.2, 0.25) is 0 Å². The van der Waals surface area contributed by atoms with Gasteiger partial charge in [0.15, 0.2) is 9.84 Å². The van der Waals surface area contributed by atoms with E-state index in [0.29, 0.717) is 0 Å². The minimum absolute atomic E-state index is 0.125. The van der Waals surface area contributed by atoms with Crippen molar-refractivity contribution in [2.75, 3.05) is 11.5 Å². The van der Waals surface area contributed by atoms with Crippen molar-refractivity contribution in [3.8, 4) is 5.75 Å². The number of hydrogen-bond acceptors (Lipinski definition) is 4. The smallest absolute Gasteiger partial charge is 0.157 e. The van der Waals surface area contributed by atoms with Gasteiger partial charge in [0, 0.05) is 5.54 Å². The second-order valence-electron chi connectivity index (χ2n) is 5.63. The van der Waals surface area contributed by atoms with E-state index in [9.17, 15) is 8.42 Å². The molecule has 0 aromatic heterocycles. The van der Waals surface area contributed by atoms with Gasteiger partial charge in [-0.15, -0.1) is 0 Å². The number of benzene rings is 1. The monoisotopic (exact) mass is 269 g/mol. The largest absolute Gasteiger partial charge is 0.488 e. The summed E-state index contributed by atoms with van der Waals surface area (Å²) in [6, 6.07) is 7.68. The van der Waals surface area contributed by atoms with Gasteiger partial charge in [-0.3, -0.25) is 0 Å². The zero-order chi connectivity index (χ0) is 13.4. The number of hydrogen-bond donors (Lipinski definition) is 1. The molecule has 1 aliphatic rings. The Hall–Kier alpha value is -1.07. The molecule has 0 bridgehead atoms. The molecule has 1 aromatic carbocycles. The Labute approximate surface area is 108 Å². The lowest BCUT2D eigenvalue weighted by molar-refractivity contribution is 0.230. The quantitative estimate of drug-likeness (QED) is 0.890. The van der Waals surface area contributed by atoms with Gasteiger partial charge in [0.05, 0.1) is 11.5 Å². The van der Waals surface area contributed by atoms with E-state index in [1.54, 1.807) is 0 Å². The van der Waals surface area contributed by atoms with Crippen LogP contribution in [0.3, 0.4) is 0 Å². The number of rotatable bonds is 4. The van der Waals surface area contributed by atoms with Crippen LogP contribution < -0.4 is 10.5 Å². The van der Waals surface area contributed by atoms with Gasteiger partial charge in [-0.05, 0) is 38.0 Å². The number of sulfone groups is 1. The lowest BCUT2D eigenvalue weighted by Crippen LogP contribution is -2.45. The van der Waals surface area contributed by atoms with E-state index in [1.807, 2.05) is 38.1 Å². The van der Waals surface area contributed by atoms with Crippen molar-refractivity contribution >= 4 is 9.84 Å². The van der Waals surface area contributed by atoms with E-state index in [4.69, 9.17) is 10.5 Å². The van der Waals surface area contributed by atoms with Crippen molar-refractivity contribution < 1.29 is 13.2 Å². The number of nitrogens with two attached hydrogens (primary N) is 1. The second kappa shape index (κ2) is 4.55. The molecule has 1 fully saturated rings. The minimum Gasteiger partial charge on any atom is -0.488 e. The van der Waals surface area contributed by atoms with Gasteiger partial charge in [0.1, 0.15) is 11.9 Å². The van der Waals surface area contributed by atoms with Gasteiger partial charge in [-0.1, -0.05) is 12.1 Å². The first-order valence-corrected chi connectivity index (χ1v) is 7.81. The summed E-state index contributed by atoms with van der Waals surface area (Å²) in [7, 11) is -2.83. The second-order valence-corrected chi connectivity index (χ2v) is 7.78. The summed E-state index contributed by atoms with van der Waals surface area (Å²) in [5, 5.41) is 0. The highest BCUT2D eigenvalue weighted by Gasteiger charge is 2.35. The van der Waals surface area contributed by atoms with E-state index in [1.165, 1.54) is 0 Å². The summed E-state index contributed by atoms with van der Waals surface area (Å²) in [4.78, 5) is 0. The molecule has 1 aromatic rings. The van der Waals surface area contributed by atoms with Crippen LogP contribution in [0.4, 0.5) is 0 Å². The Balaban J connectivity index is 2.00. The van der Waals surface area contributed by atoms with Crippen molar-refractivity contribution in [1.82, 2.24) is 0 Å². The maximum atomic E-state index is 11.0. The first kappa shape index (κ1) is 13.4. The molecule has 0 unspecified atom stereocenters. The Morgan fingerprint density at radius 2 is 2.06 bits per heavy atom. The van der Waals surface area contributed by atoms with Crippen molar-refractivity contribution in [2.24, 2.45) is 5.73 Å². The minimum atomic E-state index is -2.83. The van der Waals surface area contributed by atoms with Gasteiger partial charge < -0.3 is 10.5 Å². The molecule has 0 radical (unpaired) electrons. The fraction of sp³-hybridized carbons (Fsp3) is 0.538. The van der Waals surface area contributed by atoms with Crippen LogP contribution in [0, 0.1) is 0 Å². The zero-order valence-electron chi connectivity index (χ0n) is 10.7. The molecule has 0 aliphatic carbocycles. The van der Waals surface area contributed by atoms with Crippen LogP contribution in [-0.4, -0.2) is 31.6 Å². The normalized spacial score (nSPS) is 19.3. The predicted molar refractivity (Wildman–Crippen MR) is 71.5 cm³/mol. The molecule has 0 saturated carbocycles. The first-order valence-electron chi connectivity index (χ1n) is 5.98. The Morgan fingerprint density at radius 1 is 1.39 bits per heavy atom. The average molecular weight is 269 g/mol. The standard InChI is InChI=1S/C13H19NO3S/c1-13(2,14)7-10-4-3-5-11(6-10)17-12-8-18(15,16)9-12/h3-6,12H,7-9,14H2,1-2H3. The first-order chi connectivity index (χ1) is 8.23. The molecular formula is C13H19NO3S.